The summed E-state index contributed by atoms with van der Waals surface area (Å²) >= 11 is 5.25. The highest BCUT2D eigenvalue weighted by Gasteiger charge is 2.07. The van der Waals surface area contributed by atoms with E-state index in [4.69, 9.17) is 0 Å². The molecule has 62 valence electrons. The Hall–Kier alpha value is 0.140. The third-order valence-corrected chi connectivity index (χ3v) is 3.43. The number of hydrogen-bond acceptors (Lipinski definition) is 2. The van der Waals surface area contributed by atoms with Crippen LogP contribution in [0.25, 0.3) is 0 Å². The number of rotatable bonds is 3. The molecule has 0 fully saturated rings. The Bertz CT molecular complexity index is 218. The minimum atomic E-state index is 0.520. The van der Waals surface area contributed by atoms with Crippen molar-refractivity contribution in [2.24, 2.45) is 0 Å². The van der Waals surface area contributed by atoms with E-state index in [0.717, 1.165) is 6.42 Å². The van der Waals surface area contributed by atoms with Gasteiger partial charge < -0.3 is 5.32 Å². The molecule has 1 atom stereocenters. The van der Waals surface area contributed by atoms with Crippen LogP contribution in [0.2, 0.25) is 0 Å². The smallest absolute Gasteiger partial charge is 0.0701 e. The van der Waals surface area contributed by atoms with Gasteiger partial charge in [0.05, 0.1) is 3.79 Å². The summed E-state index contributed by atoms with van der Waals surface area (Å²) in [4.78, 5) is 1.40. The summed E-state index contributed by atoms with van der Waals surface area (Å²) in [7, 11) is 2.00. The lowest BCUT2D eigenvalue weighted by atomic mass is 10.2. The molecule has 1 rings (SSSR count). The molecule has 0 aromatic carbocycles. The molecule has 11 heavy (non-hydrogen) atoms. The van der Waals surface area contributed by atoms with Crippen molar-refractivity contribution in [3.05, 3.63) is 20.8 Å². The van der Waals surface area contributed by atoms with E-state index in [-0.39, 0.29) is 0 Å². The zero-order valence-corrected chi connectivity index (χ0v) is 9.13. The fourth-order valence-corrected chi connectivity index (χ4v) is 2.68. The predicted octanol–water partition coefficient (Wildman–Crippen LogP) is 3.18. The molecule has 1 N–H and O–H groups in total. The fourth-order valence-electron chi connectivity index (χ4n) is 1.06. The zero-order chi connectivity index (χ0) is 8.27. The van der Waals surface area contributed by atoms with E-state index in [9.17, 15) is 0 Å². The van der Waals surface area contributed by atoms with E-state index < -0.39 is 0 Å². The highest BCUT2D eigenvalue weighted by Crippen LogP contribution is 2.28. The van der Waals surface area contributed by atoms with Crippen LogP contribution in [0.3, 0.4) is 0 Å². The SMILES string of the molecule is CCC(NC)c1ccc(Br)s1. The zero-order valence-electron chi connectivity index (χ0n) is 6.73. The molecule has 3 heteroatoms. The maximum absolute atomic E-state index is 3.45. The molecular weight excluding hydrogens is 222 g/mol. The first-order valence-electron chi connectivity index (χ1n) is 3.70. The van der Waals surface area contributed by atoms with Crippen LogP contribution in [0.15, 0.2) is 15.9 Å². The average Bonchev–Trinajstić information content (AvgIpc) is 2.39. The van der Waals surface area contributed by atoms with Crippen molar-refractivity contribution in [3.8, 4) is 0 Å². The largest absolute Gasteiger partial charge is 0.312 e. The van der Waals surface area contributed by atoms with Crippen LogP contribution in [-0.2, 0) is 0 Å². The third-order valence-electron chi connectivity index (χ3n) is 1.69. The van der Waals surface area contributed by atoms with Crippen molar-refractivity contribution in [1.29, 1.82) is 0 Å². The van der Waals surface area contributed by atoms with Gasteiger partial charge in [0.25, 0.3) is 0 Å². The average molecular weight is 234 g/mol. The van der Waals surface area contributed by atoms with Crippen molar-refractivity contribution < 1.29 is 0 Å². The molecular formula is C8H12BrNS. The molecule has 1 heterocycles. The van der Waals surface area contributed by atoms with Crippen LogP contribution in [0, 0.1) is 0 Å². The number of thiophene rings is 1. The molecule has 0 saturated heterocycles. The second-order valence-electron chi connectivity index (χ2n) is 2.39. The Labute approximate surface area is 79.9 Å². The first-order chi connectivity index (χ1) is 5.27. The summed E-state index contributed by atoms with van der Waals surface area (Å²) in [5, 5.41) is 3.27. The highest BCUT2D eigenvalue weighted by molar-refractivity contribution is 9.11. The van der Waals surface area contributed by atoms with Gasteiger partial charge in [-0.15, -0.1) is 11.3 Å². The van der Waals surface area contributed by atoms with Gasteiger partial charge in [-0.05, 0) is 41.5 Å². The maximum Gasteiger partial charge on any atom is 0.0701 e. The van der Waals surface area contributed by atoms with E-state index >= 15 is 0 Å². The molecule has 0 aliphatic heterocycles. The molecule has 1 unspecified atom stereocenters. The summed E-state index contributed by atoms with van der Waals surface area (Å²) in [6.07, 6.45) is 1.14. The molecule has 1 aromatic rings. The van der Waals surface area contributed by atoms with Crippen LogP contribution in [-0.4, -0.2) is 7.05 Å². The standard InChI is InChI=1S/C8H12BrNS/c1-3-6(10-2)7-4-5-8(9)11-7/h4-6,10H,3H2,1-2H3. The lowest BCUT2D eigenvalue weighted by Gasteiger charge is -2.10. The van der Waals surface area contributed by atoms with E-state index in [0.29, 0.717) is 6.04 Å². The highest BCUT2D eigenvalue weighted by atomic mass is 79.9. The Kier molecular flexibility index (Phi) is 3.55. The second kappa shape index (κ2) is 4.24. The molecule has 0 amide bonds. The first-order valence-corrected chi connectivity index (χ1v) is 5.31. The first kappa shape index (κ1) is 9.23. The quantitative estimate of drug-likeness (QED) is 0.846. The summed E-state index contributed by atoms with van der Waals surface area (Å²) < 4.78 is 1.21. The van der Waals surface area contributed by atoms with Crippen LogP contribution in [0.5, 0.6) is 0 Å². The summed E-state index contributed by atoms with van der Waals surface area (Å²) in [6.45, 7) is 2.19. The van der Waals surface area contributed by atoms with Gasteiger partial charge in [-0.1, -0.05) is 6.92 Å². The van der Waals surface area contributed by atoms with E-state index in [1.807, 2.05) is 7.05 Å². The van der Waals surface area contributed by atoms with Gasteiger partial charge in [0.2, 0.25) is 0 Å². The van der Waals surface area contributed by atoms with Crippen molar-refractivity contribution in [2.45, 2.75) is 19.4 Å². The van der Waals surface area contributed by atoms with Gasteiger partial charge in [-0.2, -0.15) is 0 Å². The molecule has 1 nitrogen and oxygen atoms in total. The molecule has 0 spiro atoms. The van der Waals surface area contributed by atoms with Crippen LogP contribution < -0.4 is 5.32 Å². The van der Waals surface area contributed by atoms with Gasteiger partial charge in [-0.25, -0.2) is 0 Å². The number of hydrogen-bond donors (Lipinski definition) is 1. The second-order valence-corrected chi connectivity index (χ2v) is 4.89. The van der Waals surface area contributed by atoms with Crippen LogP contribution in [0.4, 0.5) is 0 Å². The molecule has 0 radical (unpaired) electrons. The lowest BCUT2D eigenvalue weighted by molar-refractivity contribution is 0.586. The van der Waals surface area contributed by atoms with Gasteiger partial charge >= 0.3 is 0 Å². The minimum Gasteiger partial charge on any atom is -0.312 e. The third kappa shape index (κ3) is 2.29. The normalized spacial score (nSPS) is 13.4. The molecule has 1 aromatic heterocycles. The molecule has 0 aliphatic carbocycles. The maximum atomic E-state index is 3.45. The van der Waals surface area contributed by atoms with Crippen molar-refractivity contribution in [3.63, 3.8) is 0 Å². The molecule has 0 bridgehead atoms. The van der Waals surface area contributed by atoms with Crippen LogP contribution >= 0.6 is 27.3 Å². The van der Waals surface area contributed by atoms with Gasteiger partial charge in [0.15, 0.2) is 0 Å². The lowest BCUT2D eigenvalue weighted by Crippen LogP contribution is -2.13. The van der Waals surface area contributed by atoms with Gasteiger partial charge in [-0.3, -0.25) is 0 Å². The Morgan fingerprint density at radius 2 is 2.36 bits per heavy atom. The Balaban J connectivity index is 2.73. The Morgan fingerprint density at radius 3 is 2.73 bits per heavy atom. The van der Waals surface area contributed by atoms with E-state index in [1.54, 1.807) is 11.3 Å². The van der Waals surface area contributed by atoms with Gasteiger partial charge in [0.1, 0.15) is 0 Å². The summed E-state index contributed by atoms with van der Waals surface area (Å²) in [5.74, 6) is 0. The van der Waals surface area contributed by atoms with Gasteiger partial charge in [0, 0.05) is 10.9 Å². The molecule has 0 saturated carbocycles. The minimum absolute atomic E-state index is 0.520. The Morgan fingerprint density at radius 1 is 1.64 bits per heavy atom. The van der Waals surface area contributed by atoms with Crippen molar-refractivity contribution in [2.75, 3.05) is 7.05 Å². The van der Waals surface area contributed by atoms with Crippen molar-refractivity contribution >= 4 is 27.3 Å². The predicted molar refractivity (Wildman–Crippen MR) is 54.1 cm³/mol. The van der Waals surface area contributed by atoms with E-state index in [2.05, 4.69) is 40.3 Å². The molecule has 0 aliphatic rings. The summed E-state index contributed by atoms with van der Waals surface area (Å²) in [5.41, 5.74) is 0. The number of nitrogens with one attached hydrogen (secondary N) is 1. The number of halogens is 1. The van der Waals surface area contributed by atoms with Crippen LogP contribution in [0.1, 0.15) is 24.3 Å². The summed E-state index contributed by atoms with van der Waals surface area (Å²) in [6, 6.07) is 4.78. The fraction of sp³-hybridized carbons (Fsp3) is 0.500. The van der Waals surface area contributed by atoms with Crippen molar-refractivity contribution in [1.82, 2.24) is 5.32 Å². The van der Waals surface area contributed by atoms with E-state index in [1.165, 1.54) is 8.66 Å². The topological polar surface area (TPSA) is 12.0 Å². The monoisotopic (exact) mass is 233 g/mol.